The highest BCUT2D eigenvalue weighted by Gasteiger charge is 2.40. The Morgan fingerprint density at radius 1 is 1.10 bits per heavy atom. The zero-order valence-corrected chi connectivity index (χ0v) is 12.2. The Balaban J connectivity index is 1.98. The van der Waals surface area contributed by atoms with E-state index in [1.807, 2.05) is 6.92 Å². The van der Waals surface area contributed by atoms with Gasteiger partial charge in [-0.25, -0.2) is 13.4 Å². The highest BCUT2D eigenvalue weighted by molar-refractivity contribution is 7.92. The number of rotatable bonds is 3. The molecule has 2 atom stereocenters. The first-order valence-electron chi connectivity index (χ1n) is 6.47. The second-order valence-corrected chi connectivity index (χ2v) is 6.86. The van der Waals surface area contributed by atoms with Crippen molar-refractivity contribution in [2.45, 2.75) is 23.3 Å². The molecule has 0 amide bonds. The molecule has 3 rings (SSSR count). The Morgan fingerprint density at radius 2 is 1.86 bits per heavy atom. The molecule has 2 heterocycles. The van der Waals surface area contributed by atoms with Gasteiger partial charge in [-0.05, 0) is 31.2 Å². The lowest BCUT2D eigenvalue weighted by Crippen LogP contribution is -2.25. The monoisotopic (exact) mass is 302 g/mol. The van der Waals surface area contributed by atoms with Crippen molar-refractivity contribution in [2.75, 3.05) is 0 Å². The Labute approximate surface area is 123 Å². The van der Waals surface area contributed by atoms with Gasteiger partial charge in [0.25, 0.3) is 0 Å². The summed E-state index contributed by atoms with van der Waals surface area (Å²) >= 11 is 0. The predicted molar refractivity (Wildman–Crippen MR) is 78.7 cm³/mol. The quantitative estimate of drug-likeness (QED) is 0.872. The van der Waals surface area contributed by atoms with Gasteiger partial charge in [-0.1, -0.05) is 23.8 Å². The molecule has 1 aromatic carbocycles. The molecule has 0 bridgehead atoms. The van der Waals surface area contributed by atoms with Gasteiger partial charge < -0.3 is 4.74 Å². The molecule has 0 unspecified atom stereocenters. The van der Waals surface area contributed by atoms with Gasteiger partial charge in [0.05, 0.1) is 10.6 Å². The van der Waals surface area contributed by atoms with Crippen molar-refractivity contribution in [1.29, 1.82) is 0 Å². The number of aliphatic imine (C=N–C) groups is 1. The molecule has 0 saturated carbocycles. The maximum atomic E-state index is 12.7. The van der Waals surface area contributed by atoms with E-state index in [9.17, 15) is 8.42 Å². The van der Waals surface area contributed by atoms with E-state index in [2.05, 4.69) is 9.98 Å². The van der Waals surface area contributed by atoms with Crippen molar-refractivity contribution < 1.29 is 13.2 Å². The third-order valence-electron chi connectivity index (χ3n) is 3.32. The Bertz CT molecular complexity index is 755. The van der Waals surface area contributed by atoms with Crippen molar-refractivity contribution in [3.05, 3.63) is 59.9 Å². The molecule has 1 aromatic heterocycles. The number of ether oxygens (including phenoxy) is 1. The maximum absolute atomic E-state index is 12.7. The molecule has 1 aliphatic rings. The summed E-state index contributed by atoms with van der Waals surface area (Å²) in [6.07, 6.45) is 2.08. The van der Waals surface area contributed by atoms with E-state index >= 15 is 0 Å². The SMILES string of the molecule is Cc1ccc(S(=O)(=O)[C@H]2N=CO[C@H]2c2ccccn2)cc1. The smallest absolute Gasteiger partial charge is 0.205 e. The lowest BCUT2D eigenvalue weighted by Gasteiger charge is -2.17. The van der Waals surface area contributed by atoms with E-state index in [1.54, 1.807) is 48.7 Å². The van der Waals surface area contributed by atoms with Gasteiger partial charge in [-0.3, -0.25) is 4.98 Å². The fourth-order valence-corrected chi connectivity index (χ4v) is 3.71. The third-order valence-corrected chi connectivity index (χ3v) is 5.25. The molecule has 6 heteroatoms. The van der Waals surface area contributed by atoms with Crippen molar-refractivity contribution >= 4 is 16.2 Å². The first kappa shape index (κ1) is 13.8. The average Bonchev–Trinajstić information content (AvgIpc) is 2.99. The third kappa shape index (κ3) is 2.54. The number of benzene rings is 1. The van der Waals surface area contributed by atoms with Gasteiger partial charge in [0.1, 0.15) is 0 Å². The summed E-state index contributed by atoms with van der Waals surface area (Å²) in [5, 5.41) is -1.00. The summed E-state index contributed by atoms with van der Waals surface area (Å²) in [5.41, 5.74) is 1.55. The topological polar surface area (TPSA) is 68.6 Å². The van der Waals surface area contributed by atoms with E-state index in [0.29, 0.717) is 5.69 Å². The van der Waals surface area contributed by atoms with Gasteiger partial charge in [0.15, 0.2) is 12.5 Å². The maximum Gasteiger partial charge on any atom is 0.205 e. The summed E-state index contributed by atoms with van der Waals surface area (Å²) < 4.78 is 30.8. The fraction of sp³-hybridized carbons (Fsp3) is 0.200. The lowest BCUT2D eigenvalue weighted by atomic mass is 10.2. The number of aryl methyl sites for hydroxylation is 1. The molecule has 0 spiro atoms. The van der Waals surface area contributed by atoms with Gasteiger partial charge in [-0.15, -0.1) is 0 Å². The first-order chi connectivity index (χ1) is 10.1. The fourth-order valence-electron chi connectivity index (χ4n) is 2.18. The molecule has 2 aromatic rings. The number of hydrogen-bond acceptors (Lipinski definition) is 5. The molecule has 21 heavy (non-hydrogen) atoms. The Kier molecular flexibility index (Phi) is 3.47. The molecular formula is C15H14N2O3S. The molecule has 5 nitrogen and oxygen atoms in total. The number of hydrogen-bond donors (Lipinski definition) is 0. The number of sulfone groups is 1. The van der Waals surface area contributed by atoms with E-state index in [0.717, 1.165) is 5.56 Å². The molecule has 1 aliphatic heterocycles. The standard InChI is InChI=1S/C15H14N2O3S/c1-11-5-7-12(8-6-11)21(18,19)15-14(20-10-17-15)13-4-2-3-9-16-13/h2-10,14-15H,1H3/t14-,15+/m0/s1. The summed E-state index contributed by atoms with van der Waals surface area (Å²) in [5.74, 6) is 0. The van der Waals surface area contributed by atoms with Crippen molar-refractivity contribution in [2.24, 2.45) is 4.99 Å². The van der Waals surface area contributed by atoms with E-state index in [-0.39, 0.29) is 4.90 Å². The minimum atomic E-state index is -3.62. The van der Waals surface area contributed by atoms with Gasteiger partial charge >= 0.3 is 0 Å². The van der Waals surface area contributed by atoms with Crippen molar-refractivity contribution in [3.8, 4) is 0 Å². The lowest BCUT2D eigenvalue weighted by molar-refractivity contribution is 0.222. The van der Waals surface area contributed by atoms with E-state index in [4.69, 9.17) is 4.74 Å². The largest absolute Gasteiger partial charge is 0.471 e. The van der Waals surface area contributed by atoms with Crippen LogP contribution in [-0.4, -0.2) is 25.2 Å². The average molecular weight is 302 g/mol. The van der Waals surface area contributed by atoms with Crippen LogP contribution in [0.4, 0.5) is 0 Å². The zero-order valence-electron chi connectivity index (χ0n) is 11.4. The van der Waals surface area contributed by atoms with Crippen LogP contribution in [0.3, 0.4) is 0 Å². The van der Waals surface area contributed by atoms with Crippen LogP contribution in [0, 0.1) is 6.92 Å². The molecule has 108 valence electrons. The summed E-state index contributed by atoms with van der Waals surface area (Å²) in [7, 11) is -3.62. The Hall–Kier alpha value is -2.21. The van der Waals surface area contributed by atoms with Crippen LogP contribution in [0.5, 0.6) is 0 Å². The minimum absolute atomic E-state index is 0.238. The first-order valence-corrected chi connectivity index (χ1v) is 8.02. The van der Waals surface area contributed by atoms with Crippen molar-refractivity contribution in [1.82, 2.24) is 4.98 Å². The zero-order chi connectivity index (χ0) is 14.9. The van der Waals surface area contributed by atoms with Gasteiger partial charge in [0.2, 0.25) is 15.2 Å². The molecule has 0 fully saturated rings. The molecule has 0 aliphatic carbocycles. The van der Waals surface area contributed by atoms with Gasteiger partial charge in [0, 0.05) is 6.20 Å². The summed E-state index contributed by atoms with van der Waals surface area (Å²) in [4.78, 5) is 8.39. The van der Waals surface area contributed by atoms with Gasteiger partial charge in [-0.2, -0.15) is 0 Å². The number of pyridine rings is 1. The predicted octanol–water partition coefficient (Wildman–Crippen LogP) is 2.29. The normalized spacial score (nSPS) is 21.2. The summed E-state index contributed by atoms with van der Waals surface area (Å²) in [6.45, 7) is 1.91. The van der Waals surface area contributed by atoms with Crippen LogP contribution in [-0.2, 0) is 14.6 Å². The molecular weight excluding hydrogens is 288 g/mol. The second kappa shape index (κ2) is 5.29. The highest BCUT2D eigenvalue weighted by atomic mass is 32.2. The molecule has 0 radical (unpaired) electrons. The molecule has 0 saturated heterocycles. The van der Waals surface area contributed by atoms with Crippen LogP contribution in [0.25, 0.3) is 0 Å². The van der Waals surface area contributed by atoms with Crippen LogP contribution in [0.1, 0.15) is 17.4 Å². The molecule has 0 N–H and O–H groups in total. The van der Waals surface area contributed by atoms with Crippen LogP contribution < -0.4 is 0 Å². The van der Waals surface area contributed by atoms with Crippen LogP contribution >= 0.6 is 0 Å². The minimum Gasteiger partial charge on any atom is -0.471 e. The van der Waals surface area contributed by atoms with Crippen molar-refractivity contribution in [3.63, 3.8) is 0 Å². The van der Waals surface area contributed by atoms with E-state index < -0.39 is 21.3 Å². The Morgan fingerprint density at radius 3 is 2.52 bits per heavy atom. The number of nitrogens with zero attached hydrogens (tertiary/aromatic N) is 2. The second-order valence-electron chi connectivity index (χ2n) is 4.81. The van der Waals surface area contributed by atoms with Crippen LogP contribution in [0.15, 0.2) is 58.5 Å². The highest BCUT2D eigenvalue weighted by Crippen LogP contribution is 2.32. The number of aromatic nitrogens is 1. The van der Waals surface area contributed by atoms with Crippen LogP contribution in [0.2, 0.25) is 0 Å². The van der Waals surface area contributed by atoms with E-state index in [1.165, 1.54) is 6.40 Å². The summed E-state index contributed by atoms with van der Waals surface area (Å²) in [6, 6.07) is 12.0.